The van der Waals surface area contributed by atoms with Crippen molar-refractivity contribution in [3.63, 3.8) is 0 Å². The third-order valence-corrected chi connectivity index (χ3v) is 3.67. The second kappa shape index (κ2) is 5.06. The number of benzene rings is 3. The molecule has 0 radical (unpaired) electrons. The second-order valence-electron chi connectivity index (χ2n) is 5.00. The fraction of sp³-hybridized carbons (Fsp3) is 0.111. The molecule has 2 N–H and O–H groups in total. The number of aryl methyl sites for hydroxylation is 1. The summed E-state index contributed by atoms with van der Waals surface area (Å²) >= 11 is 0. The Hall–Kier alpha value is -2.19. The zero-order chi connectivity index (χ0) is 14.1. The van der Waals surface area contributed by atoms with Crippen LogP contribution in [-0.2, 0) is 6.54 Å². The highest BCUT2D eigenvalue weighted by Crippen LogP contribution is 2.33. The van der Waals surface area contributed by atoms with Crippen molar-refractivity contribution in [1.29, 1.82) is 0 Å². The summed E-state index contributed by atoms with van der Waals surface area (Å²) in [5.41, 5.74) is 9.26. The van der Waals surface area contributed by atoms with Crippen LogP contribution in [0.1, 0.15) is 11.1 Å². The average molecular weight is 265 g/mol. The van der Waals surface area contributed by atoms with Gasteiger partial charge in [-0.3, -0.25) is 0 Å². The van der Waals surface area contributed by atoms with E-state index >= 15 is 0 Å². The van der Waals surface area contributed by atoms with Crippen molar-refractivity contribution in [3.05, 3.63) is 71.5 Å². The lowest BCUT2D eigenvalue weighted by atomic mass is 9.92. The Kier molecular flexibility index (Phi) is 3.25. The molecule has 0 amide bonds. The molecular formula is C18H16FN. The van der Waals surface area contributed by atoms with Crippen LogP contribution in [0.3, 0.4) is 0 Å². The van der Waals surface area contributed by atoms with Gasteiger partial charge in [-0.1, -0.05) is 42.5 Å². The first-order valence-corrected chi connectivity index (χ1v) is 6.68. The van der Waals surface area contributed by atoms with Crippen LogP contribution >= 0.6 is 0 Å². The Bertz CT molecular complexity index is 777. The van der Waals surface area contributed by atoms with Crippen LogP contribution in [0.5, 0.6) is 0 Å². The number of hydrogen-bond donors (Lipinski definition) is 1. The van der Waals surface area contributed by atoms with E-state index in [1.807, 2.05) is 43.3 Å². The molecule has 3 aromatic carbocycles. The summed E-state index contributed by atoms with van der Waals surface area (Å²) in [5, 5.41) is 2.19. The first-order chi connectivity index (χ1) is 9.70. The minimum atomic E-state index is -0.207. The summed E-state index contributed by atoms with van der Waals surface area (Å²) in [5.74, 6) is -0.207. The molecule has 3 rings (SSSR count). The molecule has 0 aliphatic carbocycles. The molecule has 2 heteroatoms. The summed E-state index contributed by atoms with van der Waals surface area (Å²) in [6, 6.07) is 17.2. The molecule has 0 atom stereocenters. The molecule has 0 fully saturated rings. The van der Waals surface area contributed by atoms with E-state index in [-0.39, 0.29) is 5.82 Å². The normalized spacial score (nSPS) is 10.9. The molecule has 0 aliphatic rings. The number of fused-ring (bicyclic) bond motifs is 1. The SMILES string of the molecule is Cc1ccc2ccccc2c1-c1cc(CN)ccc1F. The van der Waals surface area contributed by atoms with E-state index in [1.165, 1.54) is 6.07 Å². The summed E-state index contributed by atoms with van der Waals surface area (Å²) in [6.07, 6.45) is 0. The van der Waals surface area contributed by atoms with Crippen molar-refractivity contribution in [2.45, 2.75) is 13.5 Å². The summed E-state index contributed by atoms with van der Waals surface area (Å²) in [4.78, 5) is 0. The number of hydrogen-bond acceptors (Lipinski definition) is 1. The largest absolute Gasteiger partial charge is 0.326 e. The van der Waals surface area contributed by atoms with E-state index in [2.05, 4.69) is 6.07 Å². The third kappa shape index (κ3) is 2.08. The van der Waals surface area contributed by atoms with Gasteiger partial charge < -0.3 is 5.73 Å². The molecule has 0 unspecified atom stereocenters. The second-order valence-corrected chi connectivity index (χ2v) is 5.00. The Morgan fingerprint density at radius 2 is 1.80 bits per heavy atom. The number of halogens is 1. The predicted octanol–water partition coefficient (Wildman–Crippen LogP) is 4.41. The Labute approximate surface area is 117 Å². The molecule has 100 valence electrons. The number of nitrogens with two attached hydrogens (primary N) is 1. The van der Waals surface area contributed by atoms with Crippen LogP contribution in [0.4, 0.5) is 4.39 Å². The van der Waals surface area contributed by atoms with E-state index in [0.29, 0.717) is 12.1 Å². The van der Waals surface area contributed by atoms with Gasteiger partial charge in [0.25, 0.3) is 0 Å². The maximum Gasteiger partial charge on any atom is 0.131 e. The van der Waals surface area contributed by atoms with E-state index in [4.69, 9.17) is 5.73 Å². The molecule has 3 aromatic rings. The molecule has 0 saturated carbocycles. The minimum absolute atomic E-state index is 0.207. The van der Waals surface area contributed by atoms with Crippen LogP contribution in [0, 0.1) is 12.7 Å². The van der Waals surface area contributed by atoms with Gasteiger partial charge in [0.1, 0.15) is 5.82 Å². The highest BCUT2D eigenvalue weighted by molar-refractivity contribution is 5.98. The topological polar surface area (TPSA) is 26.0 Å². The molecule has 1 nitrogen and oxygen atoms in total. The fourth-order valence-corrected chi connectivity index (χ4v) is 2.63. The van der Waals surface area contributed by atoms with E-state index in [1.54, 1.807) is 6.07 Å². The van der Waals surface area contributed by atoms with E-state index in [9.17, 15) is 4.39 Å². The maximum absolute atomic E-state index is 14.3. The molecule has 0 heterocycles. The van der Waals surface area contributed by atoms with Gasteiger partial charge >= 0.3 is 0 Å². The lowest BCUT2D eigenvalue weighted by Gasteiger charge is -2.12. The van der Waals surface area contributed by atoms with Crippen molar-refractivity contribution in [3.8, 4) is 11.1 Å². The monoisotopic (exact) mass is 265 g/mol. The van der Waals surface area contributed by atoms with Gasteiger partial charge in [0, 0.05) is 12.1 Å². The van der Waals surface area contributed by atoms with Gasteiger partial charge in [0.05, 0.1) is 0 Å². The van der Waals surface area contributed by atoms with Gasteiger partial charge in [-0.05, 0) is 46.5 Å². The maximum atomic E-state index is 14.3. The van der Waals surface area contributed by atoms with Crippen molar-refractivity contribution in [2.24, 2.45) is 5.73 Å². The predicted molar refractivity (Wildman–Crippen MR) is 82.0 cm³/mol. The molecule has 20 heavy (non-hydrogen) atoms. The fourth-order valence-electron chi connectivity index (χ4n) is 2.63. The van der Waals surface area contributed by atoms with Crippen molar-refractivity contribution in [1.82, 2.24) is 0 Å². The molecule has 0 aliphatic heterocycles. The van der Waals surface area contributed by atoms with Crippen molar-refractivity contribution >= 4 is 10.8 Å². The third-order valence-electron chi connectivity index (χ3n) is 3.67. The zero-order valence-electron chi connectivity index (χ0n) is 11.4. The van der Waals surface area contributed by atoms with Gasteiger partial charge in [-0.15, -0.1) is 0 Å². The summed E-state index contributed by atoms with van der Waals surface area (Å²) in [6.45, 7) is 2.42. The average Bonchev–Trinajstić information content (AvgIpc) is 2.48. The van der Waals surface area contributed by atoms with Crippen molar-refractivity contribution < 1.29 is 4.39 Å². The van der Waals surface area contributed by atoms with E-state index < -0.39 is 0 Å². The van der Waals surface area contributed by atoms with Crippen LogP contribution in [0.2, 0.25) is 0 Å². The van der Waals surface area contributed by atoms with Gasteiger partial charge in [-0.2, -0.15) is 0 Å². The first kappa shape index (κ1) is 12.8. The number of rotatable bonds is 2. The molecule has 0 spiro atoms. The Morgan fingerprint density at radius 1 is 1.00 bits per heavy atom. The van der Waals surface area contributed by atoms with Crippen LogP contribution < -0.4 is 5.73 Å². The summed E-state index contributed by atoms with van der Waals surface area (Å²) in [7, 11) is 0. The lowest BCUT2D eigenvalue weighted by Crippen LogP contribution is -1.98. The van der Waals surface area contributed by atoms with Crippen LogP contribution in [0.15, 0.2) is 54.6 Å². The van der Waals surface area contributed by atoms with Crippen LogP contribution in [0.25, 0.3) is 21.9 Å². The minimum Gasteiger partial charge on any atom is -0.326 e. The Morgan fingerprint density at radius 3 is 2.60 bits per heavy atom. The highest BCUT2D eigenvalue weighted by Gasteiger charge is 2.12. The van der Waals surface area contributed by atoms with Gasteiger partial charge in [0.15, 0.2) is 0 Å². The van der Waals surface area contributed by atoms with E-state index in [0.717, 1.165) is 27.5 Å². The van der Waals surface area contributed by atoms with Crippen LogP contribution in [-0.4, -0.2) is 0 Å². The zero-order valence-corrected chi connectivity index (χ0v) is 11.4. The van der Waals surface area contributed by atoms with Crippen molar-refractivity contribution in [2.75, 3.05) is 0 Å². The standard InChI is InChI=1S/C18H16FN/c1-12-6-8-14-4-2-3-5-15(14)18(12)16-10-13(11-20)7-9-17(16)19/h2-10H,11,20H2,1H3. The molecule has 0 bridgehead atoms. The Balaban J connectivity index is 2.37. The molecule has 0 saturated heterocycles. The highest BCUT2D eigenvalue weighted by atomic mass is 19.1. The smallest absolute Gasteiger partial charge is 0.131 e. The molecule has 0 aromatic heterocycles. The quantitative estimate of drug-likeness (QED) is 0.729. The lowest BCUT2D eigenvalue weighted by molar-refractivity contribution is 0.630. The first-order valence-electron chi connectivity index (χ1n) is 6.68. The van der Waals surface area contributed by atoms with Gasteiger partial charge in [0.2, 0.25) is 0 Å². The summed E-state index contributed by atoms with van der Waals surface area (Å²) < 4.78 is 14.3. The molecular weight excluding hydrogens is 249 g/mol. The van der Waals surface area contributed by atoms with Gasteiger partial charge in [-0.25, -0.2) is 4.39 Å².